The Kier molecular flexibility index (Phi) is 18.8. The van der Waals surface area contributed by atoms with Gasteiger partial charge in [-0.15, -0.1) is 34.0 Å². The van der Waals surface area contributed by atoms with Crippen LogP contribution in [-0.2, 0) is 0 Å². The highest BCUT2D eigenvalue weighted by atomic mass is 32.1. The molecule has 1 atom stereocenters. The zero-order valence-corrected chi connectivity index (χ0v) is 82.0. The number of para-hydroxylation sites is 5. The second kappa shape index (κ2) is 33.2. The Morgan fingerprint density at radius 1 is 0.150 bits per heavy atom. The molecule has 147 heavy (non-hydrogen) atoms. The predicted octanol–water partition coefficient (Wildman–Crippen LogP) is 39.3. The topological polar surface area (TPSA) is 24.6 Å². The van der Waals surface area contributed by atoms with Crippen LogP contribution < -0.4 is 0 Å². The van der Waals surface area contributed by atoms with Gasteiger partial charge < -0.3 is 22.8 Å². The number of rotatable bonds is 9. The molecule has 8 heterocycles. The average Bonchev–Trinajstić information content (AvgIpc) is 1.55. The van der Waals surface area contributed by atoms with E-state index in [1.165, 1.54) is 291 Å². The van der Waals surface area contributed by atoms with Crippen LogP contribution in [0.15, 0.2) is 510 Å². The fourth-order valence-electron chi connectivity index (χ4n) is 24.8. The summed E-state index contributed by atoms with van der Waals surface area (Å²) in [6, 6.07) is 188. The molecule has 8 aromatic heterocycles. The first kappa shape index (κ1) is 83.3. The number of thiophene rings is 3. The summed E-state index contributed by atoms with van der Waals surface area (Å²) in [4.78, 5) is 0. The molecule has 684 valence electrons. The van der Waals surface area contributed by atoms with Gasteiger partial charge in [0.2, 0.25) is 0 Å². The number of benzene rings is 24. The number of nitrogens with zero attached hydrogens (tertiary/aromatic N) is 5. The zero-order chi connectivity index (χ0) is 96.2. The summed E-state index contributed by atoms with van der Waals surface area (Å²) < 4.78 is 20.2. The van der Waals surface area contributed by atoms with E-state index in [0.717, 1.165) is 0 Å². The Morgan fingerprint density at radius 2 is 0.503 bits per heavy atom. The fourth-order valence-corrected chi connectivity index (χ4v) is 28.3. The average molecular weight is 1920 g/mol. The maximum Gasteiger partial charge on any atom is 0.0555 e. The quantitative estimate of drug-likeness (QED) is 0.138. The van der Waals surface area contributed by atoms with Crippen LogP contribution in [0.5, 0.6) is 0 Å². The SMILES string of the molecule is c1ccc(-n2c3ccc(-c4ccc5c(c4)-c4ccccc4C5c4cccc5ccccc45)cc3c3c4sc5ccccc5c4ccc32)cc1.c1ccc(-n2c3ccc(-c4ccc5c(c4)c4ccccc4n5-c4cccc5ccccc45)cc3c3c4c(ccc32)sc2ccccc24)cc1.c1ccc(-n2c3ccc(-c4ccc5c(c4)c4ccccc4n5-c4cccc5ccccc45)cc3c3cc4sc5ccccc5c4cc32)cc1. The first-order valence-corrected chi connectivity index (χ1v) is 53.0. The lowest BCUT2D eigenvalue weighted by Crippen LogP contribution is -2.00. The third-order valence-corrected chi connectivity index (χ3v) is 34.7. The lowest BCUT2D eigenvalue weighted by Gasteiger charge is -2.17. The van der Waals surface area contributed by atoms with Gasteiger partial charge in [0, 0.05) is 148 Å². The van der Waals surface area contributed by atoms with Crippen LogP contribution in [-0.4, -0.2) is 22.8 Å². The van der Waals surface area contributed by atoms with Gasteiger partial charge in [0.15, 0.2) is 0 Å². The molecule has 0 fully saturated rings. The molecular weight excluding hydrogens is 1840 g/mol. The van der Waals surface area contributed by atoms with E-state index in [2.05, 4.69) is 532 Å². The van der Waals surface area contributed by atoms with Crippen LogP contribution in [0.4, 0.5) is 0 Å². The molecule has 33 rings (SSSR count). The molecule has 0 bridgehead atoms. The van der Waals surface area contributed by atoms with E-state index >= 15 is 0 Å². The van der Waals surface area contributed by atoms with Gasteiger partial charge in [-0.3, -0.25) is 0 Å². The fraction of sp³-hybridized carbons (Fsp3) is 0.00719. The summed E-state index contributed by atoms with van der Waals surface area (Å²) in [5.41, 5.74) is 32.4. The minimum Gasteiger partial charge on any atom is -0.309 e. The van der Waals surface area contributed by atoms with Crippen molar-refractivity contribution < 1.29 is 0 Å². The molecule has 8 heteroatoms. The van der Waals surface area contributed by atoms with Crippen molar-refractivity contribution in [2.24, 2.45) is 0 Å². The van der Waals surface area contributed by atoms with Crippen molar-refractivity contribution >= 4 is 236 Å². The van der Waals surface area contributed by atoms with E-state index < -0.39 is 0 Å². The molecule has 0 N–H and O–H groups in total. The molecule has 0 saturated carbocycles. The predicted molar refractivity (Wildman–Crippen MR) is 631 cm³/mol. The van der Waals surface area contributed by atoms with Gasteiger partial charge in [0.1, 0.15) is 0 Å². The summed E-state index contributed by atoms with van der Waals surface area (Å²) in [6.45, 7) is 0. The number of hydrogen-bond acceptors (Lipinski definition) is 3. The Labute approximate surface area is 856 Å². The molecule has 1 unspecified atom stereocenters. The highest BCUT2D eigenvalue weighted by molar-refractivity contribution is 7.27. The molecule has 24 aromatic carbocycles. The highest BCUT2D eigenvalue weighted by Crippen LogP contribution is 2.54. The minimum atomic E-state index is 0.207. The Balaban J connectivity index is 0.0000000999. The smallest absolute Gasteiger partial charge is 0.0555 e. The molecule has 5 nitrogen and oxygen atoms in total. The van der Waals surface area contributed by atoms with Crippen molar-refractivity contribution in [3.8, 4) is 72.9 Å². The van der Waals surface area contributed by atoms with Crippen LogP contribution in [0.1, 0.15) is 22.6 Å². The summed E-state index contributed by atoms with van der Waals surface area (Å²) >= 11 is 5.68. The maximum absolute atomic E-state index is 2.44. The maximum atomic E-state index is 2.44. The standard InChI is InChI=1S/C47H29NS.2C46H28N2S/c1-2-13-32(14-3-1)48-42-25-22-31(28-41(42)46-43(48)26-24-39-35-17-8-9-20-44(35)49-47(39)46)30-21-23-38-40(27-30)34-16-6-7-18-37(34)45(38)36-19-10-12-29-11-4-5-15-33(29)36;1-2-13-32(14-3-1)47-42-23-21-31(26-37(42)38-28-46-39(27-44(38)47)35-17-7-9-20-45(35)49-46)30-22-24-43-36(25-30)34-16-6-8-18-41(34)48(43)40-19-10-12-29-11-4-5-15-33(29)40;1-2-13-32(14-3-1)47-41-24-22-31(28-37(41)45-42(47)25-26-44-46(45)35-17-7-9-20-43(35)49-44)30-21-23-40-36(27-30)34-16-6-8-18-39(34)48(40)38-19-10-12-29-11-4-5-15-33(29)38/h1-28,45H;2*1-28H. The van der Waals surface area contributed by atoms with E-state index in [-0.39, 0.29) is 5.92 Å². The molecule has 0 radical (unpaired) electrons. The summed E-state index contributed by atoms with van der Waals surface area (Å²) in [5.74, 6) is 0.207. The number of hydrogen-bond donors (Lipinski definition) is 0. The van der Waals surface area contributed by atoms with Crippen LogP contribution in [0.2, 0.25) is 0 Å². The third kappa shape index (κ3) is 13.0. The third-order valence-electron chi connectivity index (χ3n) is 31.3. The molecule has 0 saturated heterocycles. The summed E-state index contributed by atoms with van der Waals surface area (Å²) in [6.07, 6.45) is 0. The molecular formula is C139H85N5S3. The Morgan fingerprint density at radius 3 is 1.07 bits per heavy atom. The van der Waals surface area contributed by atoms with Gasteiger partial charge in [0.25, 0.3) is 0 Å². The van der Waals surface area contributed by atoms with Crippen LogP contribution in [0.25, 0.3) is 275 Å². The summed E-state index contributed by atoms with van der Waals surface area (Å²) in [5, 5.41) is 28.5. The van der Waals surface area contributed by atoms with Crippen LogP contribution in [0.3, 0.4) is 0 Å². The lowest BCUT2D eigenvalue weighted by atomic mass is 9.86. The van der Waals surface area contributed by atoms with E-state index in [1.807, 2.05) is 34.0 Å². The van der Waals surface area contributed by atoms with E-state index in [1.54, 1.807) is 0 Å². The second-order valence-electron chi connectivity index (χ2n) is 39.1. The second-order valence-corrected chi connectivity index (χ2v) is 42.3. The Bertz CT molecular complexity index is 11100. The molecule has 0 amide bonds. The lowest BCUT2D eigenvalue weighted by molar-refractivity contribution is 1.03. The monoisotopic (exact) mass is 1920 g/mol. The largest absolute Gasteiger partial charge is 0.309 e. The van der Waals surface area contributed by atoms with E-state index in [4.69, 9.17) is 0 Å². The van der Waals surface area contributed by atoms with Crippen molar-refractivity contribution in [1.82, 2.24) is 22.8 Å². The molecule has 32 aromatic rings. The molecule has 1 aliphatic rings. The van der Waals surface area contributed by atoms with Crippen LogP contribution >= 0.6 is 34.0 Å². The van der Waals surface area contributed by atoms with Gasteiger partial charge in [-0.05, 0) is 259 Å². The molecule has 1 aliphatic carbocycles. The first-order chi connectivity index (χ1) is 72.9. The van der Waals surface area contributed by atoms with Gasteiger partial charge in [-0.25, -0.2) is 0 Å². The van der Waals surface area contributed by atoms with Crippen molar-refractivity contribution in [2.45, 2.75) is 5.92 Å². The molecule has 0 spiro atoms. The van der Waals surface area contributed by atoms with E-state index in [0.29, 0.717) is 0 Å². The van der Waals surface area contributed by atoms with Gasteiger partial charge in [-0.2, -0.15) is 0 Å². The van der Waals surface area contributed by atoms with Gasteiger partial charge >= 0.3 is 0 Å². The highest BCUT2D eigenvalue weighted by Gasteiger charge is 2.33. The van der Waals surface area contributed by atoms with Gasteiger partial charge in [-0.1, -0.05) is 334 Å². The normalized spacial score (nSPS) is 12.7. The Hall–Kier alpha value is -18.3. The minimum absolute atomic E-state index is 0.207. The van der Waals surface area contributed by atoms with Gasteiger partial charge in [0.05, 0.1) is 66.5 Å². The first-order valence-electron chi connectivity index (χ1n) is 50.5. The number of aromatic nitrogens is 5. The van der Waals surface area contributed by atoms with Crippen molar-refractivity contribution in [2.75, 3.05) is 0 Å². The zero-order valence-electron chi connectivity index (χ0n) is 79.5. The van der Waals surface area contributed by atoms with Crippen molar-refractivity contribution in [1.29, 1.82) is 0 Å². The molecule has 0 aliphatic heterocycles. The number of fused-ring (bicyclic) bond motifs is 32. The van der Waals surface area contributed by atoms with Crippen LogP contribution in [0, 0.1) is 0 Å². The van der Waals surface area contributed by atoms with Crippen molar-refractivity contribution in [3.05, 3.63) is 526 Å². The van der Waals surface area contributed by atoms with Crippen molar-refractivity contribution in [3.63, 3.8) is 0 Å². The summed E-state index contributed by atoms with van der Waals surface area (Å²) in [7, 11) is 0. The van der Waals surface area contributed by atoms with E-state index in [9.17, 15) is 0 Å².